The number of thioether (sulfide) groups is 1. The Morgan fingerprint density at radius 1 is 1.24 bits per heavy atom. The molecule has 122 valence electrons. The second-order valence-electron chi connectivity index (χ2n) is 5.98. The van der Waals surface area contributed by atoms with E-state index < -0.39 is 5.97 Å². The summed E-state index contributed by atoms with van der Waals surface area (Å²) in [5.41, 5.74) is 0. The van der Waals surface area contributed by atoms with Gasteiger partial charge in [0, 0.05) is 12.6 Å². The second kappa shape index (κ2) is 9.92. The van der Waals surface area contributed by atoms with Gasteiger partial charge >= 0.3 is 12.0 Å². The van der Waals surface area contributed by atoms with Crippen molar-refractivity contribution in [2.24, 2.45) is 11.8 Å². The number of urea groups is 1. The Balaban J connectivity index is 2.08. The number of carboxylic acid groups (broad SMARTS) is 1. The number of amides is 2. The van der Waals surface area contributed by atoms with Gasteiger partial charge in [-0.25, -0.2) is 4.79 Å². The molecule has 2 unspecified atom stereocenters. The van der Waals surface area contributed by atoms with Crippen LogP contribution in [0.5, 0.6) is 0 Å². The highest BCUT2D eigenvalue weighted by Crippen LogP contribution is 2.21. The molecule has 1 aliphatic rings. The molecule has 0 saturated carbocycles. The first kappa shape index (κ1) is 18.1. The largest absolute Gasteiger partial charge is 0.481 e. The number of carbonyl (C=O) groups excluding carboxylic acids is 1. The van der Waals surface area contributed by atoms with Gasteiger partial charge < -0.3 is 15.7 Å². The third kappa shape index (κ3) is 8.19. The molecule has 3 N–H and O–H groups in total. The molecular formula is C15H28N2O3S. The number of hydrogen-bond acceptors (Lipinski definition) is 3. The van der Waals surface area contributed by atoms with Crippen LogP contribution in [0, 0.1) is 11.8 Å². The molecule has 0 radical (unpaired) electrons. The Hall–Kier alpha value is -0.910. The molecule has 2 atom stereocenters. The summed E-state index contributed by atoms with van der Waals surface area (Å²) in [6, 6.07) is -0.0279. The lowest BCUT2D eigenvalue weighted by Crippen LogP contribution is -2.42. The average Bonchev–Trinajstić information content (AvgIpc) is 2.46. The van der Waals surface area contributed by atoms with Crippen LogP contribution >= 0.6 is 11.8 Å². The summed E-state index contributed by atoms with van der Waals surface area (Å²) >= 11 is 1.99. The Bertz CT molecular complexity index is 333. The van der Waals surface area contributed by atoms with Crippen LogP contribution in [0.2, 0.25) is 0 Å². The molecule has 1 aliphatic heterocycles. The molecule has 1 heterocycles. The normalized spacial score (nSPS) is 18.8. The van der Waals surface area contributed by atoms with E-state index in [0.717, 1.165) is 19.4 Å². The fourth-order valence-corrected chi connectivity index (χ4v) is 3.59. The standard InChI is InChI=1S/C15H28N2O3S/c1-11(14(18)19)4-3-5-12(2)17-15(20)16-10-13-6-8-21-9-7-13/h11-13H,3-10H2,1-2H3,(H,18,19)(H2,16,17,20). The molecule has 2 amide bonds. The van der Waals surface area contributed by atoms with Crippen LogP contribution in [0.15, 0.2) is 0 Å². The highest BCUT2D eigenvalue weighted by atomic mass is 32.2. The summed E-state index contributed by atoms with van der Waals surface area (Å²) in [4.78, 5) is 22.5. The van der Waals surface area contributed by atoms with Gasteiger partial charge in [-0.3, -0.25) is 4.79 Å². The van der Waals surface area contributed by atoms with Crippen molar-refractivity contribution in [3.8, 4) is 0 Å². The molecule has 0 bridgehead atoms. The van der Waals surface area contributed by atoms with Crippen LogP contribution < -0.4 is 10.6 Å². The Kier molecular flexibility index (Phi) is 8.57. The lowest BCUT2D eigenvalue weighted by Gasteiger charge is -2.22. The van der Waals surface area contributed by atoms with E-state index in [2.05, 4.69) is 10.6 Å². The van der Waals surface area contributed by atoms with Gasteiger partial charge in [0.25, 0.3) is 0 Å². The molecule has 6 heteroatoms. The van der Waals surface area contributed by atoms with Crippen LogP contribution in [0.3, 0.4) is 0 Å². The van der Waals surface area contributed by atoms with E-state index in [-0.39, 0.29) is 18.0 Å². The molecule has 0 aromatic carbocycles. The first-order chi connectivity index (χ1) is 9.99. The van der Waals surface area contributed by atoms with Gasteiger partial charge in [-0.2, -0.15) is 11.8 Å². The van der Waals surface area contributed by atoms with Crippen molar-refractivity contribution in [2.75, 3.05) is 18.1 Å². The molecule has 5 nitrogen and oxygen atoms in total. The molecule has 0 spiro atoms. The quantitative estimate of drug-likeness (QED) is 0.643. The smallest absolute Gasteiger partial charge is 0.315 e. The average molecular weight is 316 g/mol. The van der Waals surface area contributed by atoms with Crippen molar-refractivity contribution in [3.63, 3.8) is 0 Å². The molecule has 1 rings (SSSR count). The summed E-state index contributed by atoms with van der Waals surface area (Å²) in [6.07, 6.45) is 4.66. The summed E-state index contributed by atoms with van der Waals surface area (Å²) in [5.74, 6) is 1.95. The van der Waals surface area contributed by atoms with E-state index in [1.807, 2.05) is 18.7 Å². The number of carbonyl (C=O) groups is 2. The minimum Gasteiger partial charge on any atom is -0.481 e. The third-order valence-electron chi connectivity index (χ3n) is 3.97. The molecule has 0 aromatic rings. The molecule has 21 heavy (non-hydrogen) atoms. The van der Waals surface area contributed by atoms with Crippen molar-refractivity contribution >= 4 is 23.8 Å². The SMILES string of the molecule is CC(CCCC(C)C(=O)O)NC(=O)NCC1CCSCC1. The van der Waals surface area contributed by atoms with Crippen molar-refractivity contribution in [1.29, 1.82) is 0 Å². The van der Waals surface area contributed by atoms with Gasteiger partial charge in [0.15, 0.2) is 0 Å². The van der Waals surface area contributed by atoms with Crippen molar-refractivity contribution in [3.05, 3.63) is 0 Å². The molecule has 0 aliphatic carbocycles. The minimum absolute atomic E-state index is 0.0768. The van der Waals surface area contributed by atoms with E-state index in [1.165, 1.54) is 24.3 Å². The molecule has 1 fully saturated rings. The van der Waals surface area contributed by atoms with Gasteiger partial charge in [-0.15, -0.1) is 0 Å². The number of aliphatic carboxylic acids is 1. The van der Waals surface area contributed by atoms with E-state index >= 15 is 0 Å². The van der Waals surface area contributed by atoms with Crippen LogP contribution in [-0.2, 0) is 4.79 Å². The van der Waals surface area contributed by atoms with Crippen molar-refractivity contribution in [2.45, 2.75) is 52.0 Å². The van der Waals surface area contributed by atoms with Crippen LogP contribution in [0.4, 0.5) is 4.79 Å². The van der Waals surface area contributed by atoms with Crippen molar-refractivity contribution in [1.82, 2.24) is 10.6 Å². The van der Waals surface area contributed by atoms with E-state index in [4.69, 9.17) is 5.11 Å². The maximum absolute atomic E-state index is 11.8. The van der Waals surface area contributed by atoms with Crippen LogP contribution in [0.25, 0.3) is 0 Å². The first-order valence-electron chi connectivity index (χ1n) is 7.84. The number of carboxylic acids is 1. The fraction of sp³-hybridized carbons (Fsp3) is 0.867. The van der Waals surface area contributed by atoms with E-state index in [1.54, 1.807) is 6.92 Å². The number of rotatable bonds is 8. The van der Waals surface area contributed by atoms with Gasteiger partial charge in [0.1, 0.15) is 0 Å². The van der Waals surface area contributed by atoms with Gasteiger partial charge in [-0.05, 0) is 50.0 Å². The summed E-state index contributed by atoms with van der Waals surface area (Å²) in [6.45, 7) is 4.44. The molecule has 0 aromatic heterocycles. The summed E-state index contributed by atoms with van der Waals surface area (Å²) in [5, 5.41) is 14.7. The van der Waals surface area contributed by atoms with Crippen molar-refractivity contribution < 1.29 is 14.7 Å². The topological polar surface area (TPSA) is 78.4 Å². The lowest BCUT2D eigenvalue weighted by atomic mass is 10.0. The minimum atomic E-state index is -0.751. The fourth-order valence-electron chi connectivity index (χ4n) is 2.39. The second-order valence-corrected chi connectivity index (χ2v) is 7.21. The van der Waals surface area contributed by atoms with E-state index in [9.17, 15) is 9.59 Å². The predicted octanol–water partition coefficient (Wildman–Crippen LogP) is 2.71. The third-order valence-corrected chi connectivity index (χ3v) is 5.01. The monoisotopic (exact) mass is 316 g/mol. The maximum atomic E-state index is 11.8. The zero-order chi connectivity index (χ0) is 15.7. The van der Waals surface area contributed by atoms with Crippen LogP contribution in [-0.4, -0.2) is 41.2 Å². The molecule has 1 saturated heterocycles. The Morgan fingerprint density at radius 2 is 1.90 bits per heavy atom. The van der Waals surface area contributed by atoms with E-state index in [0.29, 0.717) is 12.3 Å². The van der Waals surface area contributed by atoms with Gasteiger partial charge in [0.2, 0.25) is 0 Å². The highest BCUT2D eigenvalue weighted by molar-refractivity contribution is 7.99. The Morgan fingerprint density at radius 3 is 2.52 bits per heavy atom. The van der Waals surface area contributed by atoms with Gasteiger partial charge in [0.05, 0.1) is 5.92 Å². The van der Waals surface area contributed by atoms with Crippen LogP contribution in [0.1, 0.15) is 46.0 Å². The number of nitrogens with one attached hydrogen (secondary N) is 2. The maximum Gasteiger partial charge on any atom is 0.315 e. The Labute approximate surface area is 131 Å². The number of hydrogen-bond donors (Lipinski definition) is 3. The molecular weight excluding hydrogens is 288 g/mol. The predicted molar refractivity (Wildman–Crippen MR) is 86.7 cm³/mol. The first-order valence-corrected chi connectivity index (χ1v) is 8.99. The zero-order valence-corrected chi connectivity index (χ0v) is 13.9. The zero-order valence-electron chi connectivity index (χ0n) is 13.1. The highest BCUT2D eigenvalue weighted by Gasteiger charge is 2.15. The summed E-state index contributed by atoms with van der Waals surface area (Å²) in [7, 11) is 0. The summed E-state index contributed by atoms with van der Waals surface area (Å²) < 4.78 is 0. The van der Waals surface area contributed by atoms with Gasteiger partial charge in [-0.1, -0.05) is 13.3 Å². The lowest BCUT2D eigenvalue weighted by molar-refractivity contribution is -0.141.